The molecule has 0 spiro atoms. The first kappa shape index (κ1) is 18.5. The van der Waals surface area contributed by atoms with Gasteiger partial charge in [0.05, 0.1) is 0 Å². The second-order valence-corrected chi connectivity index (χ2v) is 7.72. The molecule has 1 aromatic heterocycles. The van der Waals surface area contributed by atoms with Crippen molar-refractivity contribution in [3.63, 3.8) is 0 Å². The minimum absolute atomic E-state index is 0.318. The fourth-order valence-corrected chi connectivity index (χ4v) is 4.20. The van der Waals surface area contributed by atoms with Crippen LogP contribution in [0.2, 0.25) is 5.02 Å². The van der Waals surface area contributed by atoms with Crippen LogP contribution in [0.3, 0.4) is 0 Å². The van der Waals surface area contributed by atoms with Gasteiger partial charge in [0.25, 0.3) is 5.91 Å². The number of ether oxygens (including phenoxy) is 2. The van der Waals surface area contributed by atoms with E-state index in [2.05, 4.69) is 5.32 Å². The Hall–Kier alpha value is -2.83. The lowest BCUT2D eigenvalue weighted by molar-refractivity contribution is -0.124. The van der Waals surface area contributed by atoms with E-state index in [1.54, 1.807) is 18.2 Å². The Bertz CT molecular complexity index is 1050. The number of amides is 1. The molecule has 2 heterocycles. The first-order chi connectivity index (χ1) is 13.6. The van der Waals surface area contributed by atoms with Crippen LogP contribution in [0.25, 0.3) is 10.4 Å². The smallest absolute Gasteiger partial charge is 0.348 e. The minimum atomic E-state index is -0.519. The normalized spacial score (nSPS) is 11.8. The summed E-state index contributed by atoms with van der Waals surface area (Å²) < 4.78 is 10.9. The van der Waals surface area contributed by atoms with Crippen molar-refractivity contribution in [2.75, 3.05) is 6.61 Å². The van der Waals surface area contributed by atoms with Crippen molar-refractivity contribution >= 4 is 34.8 Å². The summed E-state index contributed by atoms with van der Waals surface area (Å²) in [4.78, 5) is 25.8. The van der Waals surface area contributed by atoms with E-state index in [0.29, 0.717) is 23.1 Å². The number of hydrogen-bond donors (Lipinski definition) is 1. The van der Waals surface area contributed by atoms with Gasteiger partial charge in [-0.3, -0.25) is 4.79 Å². The molecule has 1 amide bonds. The number of carbonyl (C=O) groups is 2. The summed E-state index contributed by atoms with van der Waals surface area (Å²) in [5.41, 5.74) is 2.78. The Morgan fingerprint density at radius 2 is 2.00 bits per heavy atom. The molecule has 0 atom stereocenters. The zero-order valence-corrected chi connectivity index (χ0v) is 16.3. The monoisotopic (exact) mass is 413 g/mol. The summed E-state index contributed by atoms with van der Waals surface area (Å²) in [6.07, 6.45) is 0. The Kier molecular flexibility index (Phi) is 5.32. The number of fused-ring (bicyclic) bond motifs is 3. The summed E-state index contributed by atoms with van der Waals surface area (Å²) >= 11 is 7.26. The zero-order valence-electron chi connectivity index (χ0n) is 14.7. The Morgan fingerprint density at radius 3 is 2.86 bits per heavy atom. The maximum Gasteiger partial charge on any atom is 0.348 e. The topological polar surface area (TPSA) is 64.6 Å². The molecular formula is C21H16ClNO4S. The van der Waals surface area contributed by atoms with Crippen molar-refractivity contribution in [1.82, 2.24) is 5.32 Å². The summed E-state index contributed by atoms with van der Waals surface area (Å²) in [5.74, 6) is -0.0877. The molecule has 0 aliphatic carbocycles. The van der Waals surface area contributed by atoms with Crippen LogP contribution in [0.5, 0.6) is 5.75 Å². The fraction of sp³-hybridized carbons (Fsp3) is 0.143. The lowest BCUT2D eigenvalue weighted by Crippen LogP contribution is -2.28. The van der Waals surface area contributed by atoms with Crippen LogP contribution in [0, 0.1) is 0 Å². The fourth-order valence-electron chi connectivity index (χ4n) is 2.90. The highest BCUT2D eigenvalue weighted by Gasteiger charge is 2.23. The molecule has 0 saturated heterocycles. The van der Waals surface area contributed by atoms with Gasteiger partial charge in [-0.2, -0.15) is 0 Å². The molecule has 0 unspecified atom stereocenters. The molecule has 142 valence electrons. The third-order valence-electron chi connectivity index (χ3n) is 4.24. The Morgan fingerprint density at radius 1 is 1.14 bits per heavy atom. The van der Waals surface area contributed by atoms with Crippen LogP contribution in [-0.4, -0.2) is 18.5 Å². The Labute approximate surface area is 170 Å². The number of hydrogen-bond acceptors (Lipinski definition) is 5. The van der Waals surface area contributed by atoms with Gasteiger partial charge in [0.1, 0.15) is 17.2 Å². The standard InChI is InChI=1S/C21H16ClNO4S/c22-15-5-3-4-13(8-15)10-23-19(24)12-27-21(25)18-9-14-11-26-17-7-2-1-6-16(17)20(14)28-18/h1-9H,10-12H2,(H,23,24). The van der Waals surface area contributed by atoms with Gasteiger partial charge in [0.2, 0.25) is 0 Å². The molecule has 0 radical (unpaired) electrons. The van der Waals surface area contributed by atoms with E-state index in [1.165, 1.54) is 11.3 Å². The van der Waals surface area contributed by atoms with E-state index >= 15 is 0 Å². The van der Waals surface area contributed by atoms with Crippen molar-refractivity contribution in [2.45, 2.75) is 13.2 Å². The third-order valence-corrected chi connectivity index (χ3v) is 5.66. The summed E-state index contributed by atoms with van der Waals surface area (Å²) in [7, 11) is 0. The molecule has 1 aliphatic rings. The second-order valence-electron chi connectivity index (χ2n) is 6.23. The van der Waals surface area contributed by atoms with E-state index in [1.807, 2.05) is 36.4 Å². The van der Waals surface area contributed by atoms with Gasteiger partial charge in [-0.25, -0.2) is 4.79 Å². The zero-order chi connectivity index (χ0) is 19.5. The van der Waals surface area contributed by atoms with Crippen LogP contribution in [0.15, 0.2) is 54.6 Å². The van der Waals surface area contributed by atoms with Gasteiger partial charge in [0.15, 0.2) is 6.61 Å². The highest BCUT2D eigenvalue weighted by atomic mass is 35.5. The second kappa shape index (κ2) is 8.04. The molecule has 5 nitrogen and oxygen atoms in total. The molecule has 3 aromatic rings. The molecule has 28 heavy (non-hydrogen) atoms. The summed E-state index contributed by atoms with van der Waals surface area (Å²) in [6, 6.07) is 16.7. The summed E-state index contributed by atoms with van der Waals surface area (Å²) in [5, 5.41) is 3.31. The van der Waals surface area contributed by atoms with Gasteiger partial charge < -0.3 is 14.8 Å². The molecule has 7 heteroatoms. The highest BCUT2D eigenvalue weighted by molar-refractivity contribution is 7.17. The lowest BCUT2D eigenvalue weighted by atomic mass is 10.1. The van der Waals surface area contributed by atoms with E-state index in [9.17, 15) is 9.59 Å². The number of benzene rings is 2. The molecule has 2 aromatic carbocycles. The first-order valence-corrected chi connectivity index (χ1v) is 9.83. The number of thiophene rings is 1. The van der Waals surface area contributed by atoms with Crippen molar-refractivity contribution in [3.05, 3.63) is 75.6 Å². The van der Waals surface area contributed by atoms with Gasteiger partial charge in [0, 0.05) is 27.6 Å². The number of halogens is 1. The minimum Gasteiger partial charge on any atom is -0.488 e. The van der Waals surface area contributed by atoms with E-state index in [4.69, 9.17) is 21.1 Å². The average molecular weight is 414 g/mol. The number of carbonyl (C=O) groups excluding carboxylic acids is 2. The van der Waals surface area contributed by atoms with Crippen LogP contribution in [0.4, 0.5) is 0 Å². The molecule has 1 N–H and O–H groups in total. The lowest BCUT2D eigenvalue weighted by Gasteiger charge is -2.16. The predicted octanol–water partition coefficient (Wildman–Crippen LogP) is 4.43. The summed E-state index contributed by atoms with van der Waals surface area (Å²) in [6.45, 7) is 0.393. The maximum atomic E-state index is 12.3. The number of esters is 1. The number of rotatable bonds is 5. The molecule has 0 saturated carbocycles. The van der Waals surface area contributed by atoms with E-state index in [-0.39, 0.29) is 12.5 Å². The van der Waals surface area contributed by atoms with Gasteiger partial charge in [-0.05, 0) is 35.9 Å². The highest BCUT2D eigenvalue weighted by Crippen LogP contribution is 2.42. The van der Waals surface area contributed by atoms with Crippen molar-refractivity contribution in [1.29, 1.82) is 0 Å². The van der Waals surface area contributed by atoms with Crippen LogP contribution in [-0.2, 0) is 22.7 Å². The average Bonchev–Trinajstić information content (AvgIpc) is 3.15. The number of para-hydroxylation sites is 1. The molecule has 0 fully saturated rings. The van der Waals surface area contributed by atoms with Crippen molar-refractivity contribution in [3.8, 4) is 16.2 Å². The SMILES string of the molecule is O=C(COC(=O)c1cc2c(s1)-c1ccccc1OC2)NCc1cccc(Cl)c1. The van der Waals surface area contributed by atoms with Crippen LogP contribution < -0.4 is 10.1 Å². The van der Waals surface area contributed by atoms with Crippen LogP contribution in [0.1, 0.15) is 20.8 Å². The largest absolute Gasteiger partial charge is 0.488 e. The molecule has 4 rings (SSSR count). The Balaban J connectivity index is 1.35. The van der Waals surface area contributed by atoms with Crippen LogP contribution >= 0.6 is 22.9 Å². The molecule has 0 bridgehead atoms. The molecule has 1 aliphatic heterocycles. The predicted molar refractivity (Wildman–Crippen MR) is 108 cm³/mol. The van der Waals surface area contributed by atoms with Crippen molar-refractivity contribution < 1.29 is 19.1 Å². The molecular weight excluding hydrogens is 398 g/mol. The van der Waals surface area contributed by atoms with E-state index < -0.39 is 5.97 Å². The number of nitrogens with one attached hydrogen (secondary N) is 1. The first-order valence-electron chi connectivity index (χ1n) is 8.63. The quantitative estimate of drug-likeness (QED) is 0.628. The third kappa shape index (κ3) is 4.03. The van der Waals surface area contributed by atoms with Gasteiger partial charge in [-0.1, -0.05) is 35.9 Å². The van der Waals surface area contributed by atoms with Gasteiger partial charge in [-0.15, -0.1) is 11.3 Å². The van der Waals surface area contributed by atoms with Crippen molar-refractivity contribution in [2.24, 2.45) is 0 Å². The maximum absolute atomic E-state index is 12.3. The van der Waals surface area contributed by atoms with Gasteiger partial charge >= 0.3 is 5.97 Å². The van der Waals surface area contributed by atoms with E-state index in [0.717, 1.165) is 27.3 Å².